The molecule has 0 aliphatic carbocycles. The van der Waals surface area contributed by atoms with E-state index in [0.717, 1.165) is 5.56 Å². The molecule has 7 heteroatoms. The van der Waals surface area contributed by atoms with Crippen LogP contribution in [0, 0.1) is 22.7 Å². The number of hydrogen-bond donors (Lipinski definition) is 1. The second kappa shape index (κ2) is 11.8. The lowest BCUT2D eigenvalue weighted by Gasteiger charge is -2.13. The van der Waals surface area contributed by atoms with Crippen LogP contribution >= 0.6 is 0 Å². The number of rotatable bonds is 9. The summed E-state index contributed by atoms with van der Waals surface area (Å²) in [6.07, 6.45) is 1.48. The van der Waals surface area contributed by atoms with Crippen LogP contribution in [0.2, 0.25) is 0 Å². The minimum atomic E-state index is -0.529. The summed E-state index contributed by atoms with van der Waals surface area (Å²) in [6.45, 7) is 2.45. The highest BCUT2D eigenvalue weighted by Gasteiger charge is 2.12. The molecule has 0 saturated heterocycles. The van der Waals surface area contributed by atoms with Crippen molar-refractivity contribution in [2.75, 3.05) is 19.0 Å². The number of amides is 1. The van der Waals surface area contributed by atoms with Gasteiger partial charge in [0.25, 0.3) is 5.91 Å². The zero-order chi connectivity index (χ0) is 24.3. The van der Waals surface area contributed by atoms with Crippen LogP contribution in [0.1, 0.15) is 23.6 Å². The summed E-state index contributed by atoms with van der Waals surface area (Å²) >= 11 is 0. The molecule has 0 atom stereocenters. The third kappa shape index (κ3) is 6.15. The van der Waals surface area contributed by atoms with E-state index < -0.39 is 5.91 Å². The van der Waals surface area contributed by atoms with Gasteiger partial charge in [-0.1, -0.05) is 24.3 Å². The van der Waals surface area contributed by atoms with Crippen molar-refractivity contribution in [3.05, 3.63) is 89.0 Å². The van der Waals surface area contributed by atoms with Gasteiger partial charge >= 0.3 is 0 Å². The maximum Gasteiger partial charge on any atom is 0.266 e. The predicted octanol–water partition coefficient (Wildman–Crippen LogP) is 5.09. The average Bonchev–Trinajstić information content (AvgIpc) is 2.87. The first-order chi connectivity index (χ1) is 16.6. The monoisotopic (exact) mass is 453 g/mol. The summed E-state index contributed by atoms with van der Waals surface area (Å²) in [5.74, 6) is 1.10. The fourth-order valence-electron chi connectivity index (χ4n) is 3.10. The first-order valence-corrected chi connectivity index (χ1v) is 10.5. The number of nitrogens with one attached hydrogen (secondary N) is 1. The molecular weight excluding hydrogens is 430 g/mol. The average molecular weight is 453 g/mol. The highest BCUT2D eigenvalue weighted by molar-refractivity contribution is 6.09. The van der Waals surface area contributed by atoms with Gasteiger partial charge in [-0.3, -0.25) is 4.79 Å². The van der Waals surface area contributed by atoms with Crippen LogP contribution in [0.25, 0.3) is 6.08 Å². The van der Waals surface area contributed by atoms with Gasteiger partial charge in [-0.2, -0.15) is 10.5 Å². The third-order valence-corrected chi connectivity index (χ3v) is 4.81. The Morgan fingerprint density at radius 2 is 1.76 bits per heavy atom. The first-order valence-electron chi connectivity index (χ1n) is 10.5. The number of hydrogen-bond acceptors (Lipinski definition) is 6. The van der Waals surface area contributed by atoms with Gasteiger partial charge in [0.15, 0.2) is 11.5 Å². The van der Waals surface area contributed by atoms with Crippen molar-refractivity contribution in [3.63, 3.8) is 0 Å². The highest BCUT2D eigenvalue weighted by Crippen LogP contribution is 2.30. The molecule has 0 aliphatic heterocycles. The highest BCUT2D eigenvalue weighted by atomic mass is 16.5. The molecule has 0 fully saturated rings. The van der Waals surface area contributed by atoms with Crippen molar-refractivity contribution in [3.8, 4) is 29.4 Å². The molecule has 0 radical (unpaired) electrons. The Morgan fingerprint density at radius 1 is 1.00 bits per heavy atom. The lowest BCUT2D eigenvalue weighted by Crippen LogP contribution is -2.13. The number of ether oxygens (including phenoxy) is 3. The van der Waals surface area contributed by atoms with Gasteiger partial charge in [-0.15, -0.1) is 0 Å². The van der Waals surface area contributed by atoms with Gasteiger partial charge in [0.2, 0.25) is 0 Å². The van der Waals surface area contributed by atoms with Crippen LogP contribution in [0.4, 0.5) is 5.69 Å². The van der Waals surface area contributed by atoms with Crippen LogP contribution in [-0.4, -0.2) is 19.6 Å². The van der Waals surface area contributed by atoms with E-state index in [-0.39, 0.29) is 12.2 Å². The van der Waals surface area contributed by atoms with Crippen LogP contribution in [-0.2, 0) is 11.4 Å². The molecule has 170 valence electrons. The molecule has 34 heavy (non-hydrogen) atoms. The molecule has 3 rings (SSSR count). The van der Waals surface area contributed by atoms with E-state index in [1.165, 1.54) is 6.08 Å². The second-order valence-corrected chi connectivity index (χ2v) is 7.05. The summed E-state index contributed by atoms with van der Waals surface area (Å²) in [7, 11) is 1.56. The Morgan fingerprint density at radius 3 is 2.44 bits per heavy atom. The fourth-order valence-corrected chi connectivity index (χ4v) is 3.10. The van der Waals surface area contributed by atoms with Gasteiger partial charge in [-0.25, -0.2) is 0 Å². The van der Waals surface area contributed by atoms with Crippen LogP contribution in [0.15, 0.2) is 72.3 Å². The maximum absolute atomic E-state index is 12.6. The third-order valence-electron chi connectivity index (χ3n) is 4.81. The molecule has 0 heterocycles. The van der Waals surface area contributed by atoms with E-state index in [0.29, 0.717) is 40.7 Å². The normalized spacial score (nSPS) is 10.5. The minimum Gasteiger partial charge on any atom is -0.497 e. The topological polar surface area (TPSA) is 104 Å². The Hall–Kier alpha value is -4.75. The van der Waals surface area contributed by atoms with Crippen LogP contribution < -0.4 is 19.5 Å². The molecule has 0 bridgehead atoms. The van der Waals surface area contributed by atoms with E-state index >= 15 is 0 Å². The molecule has 0 aromatic heterocycles. The molecular formula is C27H23N3O4. The second-order valence-electron chi connectivity index (χ2n) is 7.05. The van der Waals surface area contributed by atoms with E-state index in [4.69, 9.17) is 14.2 Å². The van der Waals surface area contributed by atoms with Crippen molar-refractivity contribution in [2.45, 2.75) is 13.5 Å². The standard InChI is InChI=1S/C27H23N3O4/c1-3-33-26-15-19(8-13-25(26)34-18-21-7-5-4-6-20(21)16-28)14-22(17-29)27(31)30-23-9-11-24(32-2)12-10-23/h4-15H,3,18H2,1-2H3,(H,30,31)/b22-14-. The Kier molecular flexibility index (Phi) is 8.26. The summed E-state index contributed by atoms with van der Waals surface area (Å²) in [6, 6.07) is 23.2. The fraction of sp³-hybridized carbons (Fsp3) is 0.148. The van der Waals surface area contributed by atoms with E-state index in [1.54, 1.807) is 61.7 Å². The van der Waals surface area contributed by atoms with Crippen molar-refractivity contribution in [2.24, 2.45) is 0 Å². The number of nitrogens with zero attached hydrogens (tertiary/aromatic N) is 2. The summed E-state index contributed by atoms with van der Waals surface area (Å²) in [4.78, 5) is 12.6. The number of benzene rings is 3. The van der Waals surface area contributed by atoms with E-state index in [9.17, 15) is 15.3 Å². The largest absolute Gasteiger partial charge is 0.497 e. The number of anilines is 1. The molecule has 3 aromatic rings. The van der Waals surface area contributed by atoms with Crippen LogP contribution in [0.3, 0.4) is 0 Å². The van der Waals surface area contributed by atoms with E-state index in [1.807, 2.05) is 25.1 Å². The lowest BCUT2D eigenvalue weighted by atomic mass is 10.1. The lowest BCUT2D eigenvalue weighted by molar-refractivity contribution is -0.112. The number of nitriles is 2. The van der Waals surface area contributed by atoms with Crippen LogP contribution in [0.5, 0.6) is 17.2 Å². The van der Waals surface area contributed by atoms with Gasteiger partial charge in [0, 0.05) is 11.3 Å². The number of methoxy groups -OCH3 is 1. The zero-order valence-electron chi connectivity index (χ0n) is 18.9. The predicted molar refractivity (Wildman–Crippen MR) is 128 cm³/mol. The van der Waals surface area contributed by atoms with Gasteiger partial charge in [-0.05, 0) is 61.0 Å². The quantitative estimate of drug-likeness (QED) is 0.357. The van der Waals surface area contributed by atoms with E-state index in [2.05, 4.69) is 11.4 Å². The molecule has 3 aromatic carbocycles. The molecule has 7 nitrogen and oxygen atoms in total. The van der Waals surface area contributed by atoms with Crippen molar-refractivity contribution in [1.82, 2.24) is 0 Å². The smallest absolute Gasteiger partial charge is 0.266 e. The maximum atomic E-state index is 12.6. The van der Waals surface area contributed by atoms with Crippen molar-refractivity contribution in [1.29, 1.82) is 10.5 Å². The SMILES string of the molecule is CCOc1cc(/C=C(/C#N)C(=O)Nc2ccc(OC)cc2)ccc1OCc1ccccc1C#N. The van der Waals surface area contributed by atoms with Gasteiger partial charge in [0.1, 0.15) is 24.0 Å². The van der Waals surface area contributed by atoms with Gasteiger partial charge < -0.3 is 19.5 Å². The molecule has 0 saturated carbocycles. The Labute approximate surface area is 198 Å². The summed E-state index contributed by atoms with van der Waals surface area (Å²) in [5.41, 5.74) is 2.40. The Bertz CT molecular complexity index is 1270. The molecule has 0 aliphatic rings. The summed E-state index contributed by atoms with van der Waals surface area (Å²) < 4.78 is 16.7. The first kappa shape index (κ1) is 23.9. The molecule has 1 N–H and O–H groups in total. The minimum absolute atomic E-state index is 0.0603. The molecule has 0 unspecified atom stereocenters. The zero-order valence-corrected chi connectivity index (χ0v) is 18.9. The Balaban J connectivity index is 1.78. The summed E-state index contributed by atoms with van der Waals surface area (Å²) in [5, 5.41) is 21.5. The number of carbonyl (C=O) groups is 1. The molecule has 0 spiro atoms. The van der Waals surface area contributed by atoms with Gasteiger partial charge in [0.05, 0.1) is 25.3 Å². The van der Waals surface area contributed by atoms with Crippen molar-refractivity contribution >= 4 is 17.7 Å². The van der Waals surface area contributed by atoms with Crippen molar-refractivity contribution < 1.29 is 19.0 Å². The number of carbonyl (C=O) groups excluding carboxylic acids is 1. The molecule has 1 amide bonds.